The van der Waals surface area contributed by atoms with E-state index in [-0.39, 0.29) is 12.1 Å². The van der Waals surface area contributed by atoms with Crippen molar-refractivity contribution in [2.24, 2.45) is 23.2 Å². The van der Waals surface area contributed by atoms with E-state index >= 15 is 0 Å². The molecular weight excluding hydrogens is 376 g/mol. The number of carbonyl (C=O) groups is 1. The fraction of sp³-hybridized carbons (Fsp3) is 0.571. The van der Waals surface area contributed by atoms with E-state index in [1.165, 1.54) is 38.5 Å². The second kappa shape index (κ2) is 6.79. The maximum Gasteiger partial charge on any atom is 0.318 e. The van der Waals surface area contributed by atoms with Gasteiger partial charge in [-0.2, -0.15) is 0 Å². The molecule has 0 heterocycles. The lowest BCUT2D eigenvalue weighted by Crippen LogP contribution is -2.56. The van der Waals surface area contributed by atoms with Crippen LogP contribution in [0.3, 0.4) is 0 Å². The number of urea groups is 1. The monoisotopic (exact) mass is 402 g/mol. The van der Waals surface area contributed by atoms with Gasteiger partial charge in [-0.05, 0) is 92.4 Å². The van der Waals surface area contributed by atoms with Crippen LogP contribution in [-0.4, -0.2) is 12.1 Å². The van der Waals surface area contributed by atoms with Crippen LogP contribution >= 0.6 is 15.9 Å². The second-order valence-corrected chi connectivity index (χ2v) is 9.42. The highest BCUT2D eigenvalue weighted by atomic mass is 79.9. The van der Waals surface area contributed by atoms with Gasteiger partial charge in [0, 0.05) is 16.7 Å². The first-order valence-corrected chi connectivity index (χ1v) is 10.3. The molecule has 4 fully saturated rings. The Morgan fingerprint density at radius 3 is 2.44 bits per heavy atom. The number of benzene rings is 1. The molecule has 1 unspecified atom stereocenters. The number of nitrogens with one attached hydrogen (secondary N) is 2. The smallest absolute Gasteiger partial charge is 0.318 e. The van der Waals surface area contributed by atoms with E-state index in [0.717, 1.165) is 27.8 Å². The normalized spacial score (nSPS) is 34.2. The zero-order valence-corrected chi connectivity index (χ0v) is 16.4. The molecule has 2 amide bonds. The molecule has 0 saturated heterocycles. The van der Waals surface area contributed by atoms with Crippen molar-refractivity contribution in [3.05, 3.63) is 40.5 Å². The minimum Gasteiger partial charge on any atom is -0.335 e. The zero-order valence-electron chi connectivity index (χ0n) is 14.8. The van der Waals surface area contributed by atoms with Crippen LogP contribution in [0, 0.1) is 23.2 Å². The summed E-state index contributed by atoms with van der Waals surface area (Å²) in [4.78, 5) is 12.3. The predicted octanol–water partition coefficient (Wildman–Crippen LogP) is 5.32. The largest absolute Gasteiger partial charge is 0.335 e. The average molecular weight is 403 g/mol. The molecule has 1 aromatic carbocycles. The van der Waals surface area contributed by atoms with Crippen molar-refractivity contribution < 1.29 is 4.79 Å². The van der Waals surface area contributed by atoms with E-state index in [4.69, 9.17) is 0 Å². The minimum atomic E-state index is -0.0884. The Bertz CT molecular complexity index is 649. The van der Waals surface area contributed by atoms with Crippen LogP contribution in [-0.2, 0) is 0 Å². The summed E-state index contributed by atoms with van der Waals surface area (Å²) in [5.41, 5.74) is 1.41. The lowest BCUT2D eigenvalue weighted by Gasteiger charge is -2.59. The van der Waals surface area contributed by atoms with E-state index in [0.29, 0.717) is 5.41 Å². The van der Waals surface area contributed by atoms with Gasteiger partial charge in [-0.15, -0.1) is 0 Å². The molecule has 0 aromatic heterocycles. The third-order valence-electron chi connectivity index (χ3n) is 6.69. The first kappa shape index (κ1) is 17.1. The van der Waals surface area contributed by atoms with Gasteiger partial charge in [0.25, 0.3) is 0 Å². The van der Waals surface area contributed by atoms with Gasteiger partial charge in [0.05, 0.1) is 0 Å². The van der Waals surface area contributed by atoms with Gasteiger partial charge in [-0.25, -0.2) is 4.79 Å². The highest BCUT2D eigenvalue weighted by molar-refractivity contribution is 9.10. The van der Waals surface area contributed by atoms with Crippen LogP contribution in [0.2, 0.25) is 0 Å². The molecule has 1 aromatic rings. The molecule has 2 N–H and O–H groups in total. The van der Waals surface area contributed by atoms with Gasteiger partial charge in [0.15, 0.2) is 0 Å². The Balaban J connectivity index is 1.33. The molecule has 1 atom stereocenters. The van der Waals surface area contributed by atoms with Gasteiger partial charge in [-0.3, -0.25) is 0 Å². The lowest BCUT2D eigenvalue weighted by molar-refractivity contribution is -0.0681. The lowest BCUT2D eigenvalue weighted by atomic mass is 9.48. The third-order valence-corrected chi connectivity index (χ3v) is 7.18. The zero-order chi connectivity index (χ0) is 17.4. The van der Waals surface area contributed by atoms with E-state index < -0.39 is 0 Å². The molecule has 4 saturated carbocycles. The molecule has 4 bridgehead atoms. The van der Waals surface area contributed by atoms with Crippen molar-refractivity contribution in [3.8, 4) is 0 Å². The standard InChI is InChI=1S/C21H27BrN2O/c1-14(21-11-16-7-17(12-21)9-18(8-16)13-21)24-20(25)23-6-5-15-3-2-4-19(22)10-15/h2-6,10,14,16-18H,7-9,11-13H2,1H3,(H2,23,24,25)/b6-5+. The molecule has 134 valence electrons. The van der Waals surface area contributed by atoms with Gasteiger partial charge >= 0.3 is 6.03 Å². The Morgan fingerprint density at radius 2 is 1.84 bits per heavy atom. The summed E-state index contributed by atoms with van der Waals surface area (Å²) in [6, 6.07) is 8.17. The van der Waals surface area contributed by atoms with Crippen molar-refractivity contribution in [2.45, 2.75) is 51.5 Å². The minimum absolute atomic E-state index is 0.0884. The van der Waals surface area contributed by atoms with Crippen molar-refractivity contribution in [1.82, 2.24) is 10.6 Å². The summed E-state index contributed by atoms with van der Waals surface area (Å²) >= 11 is 3.46. The number of rotatable bonds is 4. The Hall–Kier alpha value is -1.29. The molecule has 3 nitrogen and oxygen atoms in total. The summed E-state index contributed by atoms with van der Waals surface area (Å²) in [6.07, 6.45) is 11.9. The number of amides is 2. The summed E-state index contributed by atoms with van der Waals surface area (Å²) in [5, 5.41) is 6.09. The summed E-state index contributed by atoms with van der Waals surface area (Å²) in [7, 11) is 0. The SMILES string of the molecule is CC(NC(=O)N/C=C/c1cccc(Br)c1)C12CC3CC(CC(C3)C1)C2. The number of hydrogen-bond acceptors (Lipinski definition) is 1. The first-order valence-electron chi connectivity index (χ1n) is 9.51. The Labute approximate surface area is 158 Å². The highest BCUT2D eigenvalue weighted by Crippen LogP contribution is 2.61. The molecule has 25 heavy (non-hydrogen) atoms. The molecule has 0 spiro atoms. The number of halogens is 1. The van der Waals surface area contributed by atoms with Gasteiger partial charge in [0.1, 0.15) is 0 Å². The van der Waals surface area contributed by atoms with Crippen LogP contribution in [0.4, 0.5) is 4.79 Å². The van der Waals surface area contributed by atoms with Crippen molar-refractivity contribution in [3.63, 3.8) is 0 Å². The van der Waals surface area contributed by atoms with Crippen LogP contribution in [0.15, 0.2) is 34.9 Å². The van der Waals surface area contributed by atoms with E-state index in [9.17, 15) is 4.79 Å². The van der Waals surface area contributed by atoms with Gasteiger partial charge in [0.2, 0.25) is 0 Å². The van der Waals surface area contributed by atoms with Crippen molar-refractivity contribution >= 4 is 28.0 Å². The molecule has 4 aliphatic carbocycles. The summed E-state index contributed by atoms with van der Waals surface area (Å²) in [5.74, 6) is 2.74. The van der Waals surface area contributed by atoms with Crippen LogP contribution in [0.25, 0.3) is 6.08 Å². The Morgan fingerprint density at radius 1 is 1.20 bits per heavy atom. The maximum atomic E-state index is 12.3. The Kier molecular flexibility index (Phi) is 4.65. The molecule has 4 heteroatoms. The van der Waals surface area contributed by atoms with E-state index in [1.54, 1.807) is 6.20 Å². The quantitative estimate of drug-likeness (QED) is 0.702. The van der Waals surface area contributed by atoms with E-state index in [1.807, 2.05) is 30.3 Å². The molecular formula is C21H27BrN2O. The molecule has 0 aliphatic heterocycles. The summed E-state index contributed by atoms with van der Waals surface area (Å²) < 4.78 is 1.04. The highest BCUT2D eigenvalue weighted by Gasteiger charge is 2.53. The molecule has 0 radical (unpaired) electrons. The molecule has 5 rings (SSSR count). The number of carbonyl (C=O) groups excluding carboxylic acids is 1. The fourth-order valence-corrected chi connectivity index (χ4v) is 6.34. The van der Waals surface area contributed by atoms with Crippen LogP contribution in [0.5, 0.6) is 0 Å². The third kappa shape index (κ3) is 3.64. The van der Waals surface area contributed by atoms with E-state index in [2.05, 4.69) is 33.5 Å². The number of hydrogen-bond donors (Lipinski definition) is 2. The summed E-state index contributed by atoms with van der Waals surface area (Å²) in [6.45, 7) is 2.21. The van der Waals surface area contributed by atoms with Gasteiger partial charge in [-0.1, -0.05) is 28.1 Å². The van der Waals surface area contributed by atoms with Crippen LogP contribution < -0.4 is 10.6 Å². The second-order valence-electron chi connectivity index (χ2n) is 8.51. The van der Waals surface area contributed by atoms with Crippen molar-refractivity contribution in [2.75, 3.05) is 0 Å². The van der Waals surface area contributed by atoms with Crippen LogP contribution in [0.1, 0.15) is 51.0 Å². The van der Waals surface area contributed by atoms with Gasteiger partial charge < -0.3 is 10.6 Å². The maximum absolute atomic E-state index is 12.3. The van der Waals surface area contributed by atoms with Crippen molar-refractivity contribution in [1.29, 1.82) is 0 Å². The first-order chi connectivity index (χ1) is 12.0. The topological polar surface area (TPSA) is 41.1 Å². The average Bonchev–Trinajstić information content (AvgIpc) is 2.53. The fourth-order valence-electron chi connectivity index (χ4n) is 5.92. The predicted molar refractivity (Wildman–Crippen MR) is 105 cm³/mol. The molecule has 4 aliphatic rings.